The van der Waals surface area contributed by atoms with E-state index in [-0.39, 0.29) is 103 Å². The molecule has 0 unspecified atom stereocenters. The van der Waals surface area contributed by atoms with E-state index in [2.05, 4.69) is 191 Å². The Balaban J connectivity index is 0.000000276. The van der Waals surface area contributed by atoms with Gasteiger partial charge in [-0.2, -0.15) is 0 Å². The van der Waals surface area contributed by atoms with Crippen LogP contribution in [0, 0.1) is 60.5 Å². The third-order valence-electron chi connectivity index (χ3n) is 17.1. The predicted octanol–water partition coefficient (Wildman–Crippen LogP) is 22.5. The van der Waals surface area contributed by atoms with Crippen molar-refractivity contribution < 1.29 is 60.0 Å². The molecule has 0 amide bonds. The first-order valence-corrected chi connectivity index (χ1v) is 33.3. The summed E-state index contributed by atoms with van der Waals surface area (Å²) < 4.78 is 0. The molecule has 2 radical (unpaired) electrons. The van der Waals surface area contributed by atoms with Gasteiger partial charge in [0.05, 0.1) is 22.6 Å². The number of benzene rings is 5. The first-order valence-electron chi connectivity index (χ1n) is 33.3. The number of pyridine rings is 4. The average Bonchev–Trinajstić information content (AvgIpc) is 0.764. The predicted molar refractivity (Wildman–Crippen MR) is 382 cm³/mol. The number of carbonyl (C=O) groups is 2. The number of allylic oxidation sites excluding steroid dienone is 4. The fraction of sp³-hybridized carbons (Fsp3) is 0.439. The van der Waals surface area contributed by atoms with E-state index in [0.717, 1.165) is 142 Å². The van der Waals surface area contributed by atoms with Crippen LogP contribution in [0.15, 0.2) is 139 Å². The molecule has 0 aliphatic carbocycles. The Morgan fingerprint density at radius 1 is 0.478 bits per heavy atom. The zero-order chi connectivity index (χ0) is 66.3. The Labute approximate surface area is 579 Å². The number of aliphatic hydroxyl groups excluding tert-OH is 2. The summed E-state index contributed by atoms with van der Waals surface area (Å²) in [5.41, 5.74) is 12.5. The summed E-state index contributed by atoms with van der Waals surface area (Å²) in [6, 6.07) is 43.8. The van der Waals surface area contributed by atoms with Crippen LogP contribution in [0.25, 0.3) is 76.6 Å². The van der Waals surface area contributed by atoms with Gasteiger partial charge in [-0.15, -0.1) is 64.0 Å². The maximum Gasteiger partial charge on any atom is 0.162 e. The van der Waals surface area contributed by atoms with Gasteiger partial charge in [0.1, 0.15) is 0 Å². The van der Waals surface area contributed by atoms with Gasteiger partial charge in [-0.25, -0.2) is 0 Å². The van der Waals surface area contributed by atoms with E-state index in [1.165, 1.54) is 39.4 Å². The van der Waals surface area contributed by atoms with Crippen molar-refractivity contribution in [2.24, 2.45) is 34.5 Å². The Hall–Kier alpha value is -6.28. The molecule has 0 bridgehead atoms. The molecule has 2 N–H and O–H groups in total. The quantitative estimate of drug-likeness (QED) is 0.0377. The molecule has 0 saturated carbocycles. The van der Waals surface area contributed by atoms with Gasteiger partial charge in [-0.3, -0.25) is 24.5 Å². The molecular weight excluding hydrogens is 1490 g/mol. The van der Waals surface area contributed by atoms with Gasteiger partial charge in [-0.05, 0) is 144 Å². The van der Waals surface area contributed by atoms with E-state index >= 15 is 0 Å². The first-order chi connectivity index (χ1) is 42.6. The standard InChI is InChI=1S/C31H31N2.C25H25N2.2C13H24O2.2Ir/c1-30(2,3)19-23-12-13-25-27(33-23)14-11-20-15-16-32-29(28(20)25)22-17-21-9-7-8-10-24(21)26(18-22)31(4,5)6;1-16-12-17(2)14-19(13-16)24-23-18(10-11-26-24)6-9-22-21(23)8-7-20(27-22)15-25(3,4)5;2*1-5-10(6-2)12(14)9-13(15)11(7-3)8-4;;/h7-16,18H,19H2,1-6H3;6-13H,15H2,1-5H3;2*9-11,14H,5-8H2,1-4H3;;/q2*-1;;;;. The third-order valence-corrected chi connectivity index (χ3v) is 17.1. The average molecular weight is 1590 g/mol. The second-order valence-corrected chi connectivity index (χ2v) is 28.0. The van der Waals surface area contributed by atoms with Gasteiger partial charge in [0.15, 0.2) is 11.6 Å². The van der Waals surface area contributed by atoms with Gasteiger partial charge < -0.3 is 15.2 Å². The van der Waals surface area contributed by atoms with Crippen LogP contribution in [0.2, 0.25) is 0 Å². The molecule has 9 aromatic rings. The maximum absolute atomic E-state index is 11.7. The maximum atomic E-state index is 11.7. The van der Waals surface area contributed by atoms with Crippen molar-refractivity contribution in [3.05, 3.63) is 179 Å². The number of hydrogen-bond acceptors (Lipinski definition) is 8. The number of ketones is 2. The van der Waals surface area contributed by atoms with Crippen molar-refractivity contribution in [1.82, 2.24) is 19.9 Å². The summed E-state index contributed by atoms with van der Waals surface area (Å²) in [6.45, 7) is 40.7. The van der Waals surface area contributed by atoms with E-state index in [1.807, 2.05) is 67.8 Å². The molecule has 5 aromatic carbocycles. The van der Waals surface area contributed by atoms with E-state index < -0.39 is 0 Å². The minimum absolute atomic E-state index is 0. The summed E-state index contributed by atoms with van der Waals surface area (Å²) >= 11 is 0. The summed E-state index contributed by atoms with van der Waals surface area (Å²) in [4.78, 5) is 43.0. The smallest absolute Gasteiger partial charge is 0.162 e. The summed E-state index contributed by atoms with van der Waals surface area (Å²) in [5.74, 6) is 1.09. The second-order valence-electron chi connectivity index (χ2n) is 28.0. The largest absolute Gasteiger partial charge is 0.512 e. The molecule has 4 aromatic heterocycles. The van der Waals surface area contributed by atoms with Gasteiger partial charge in [-0.1, -0.05) is 185 Å². The van der Waals surface area contributed by atoms with Crippen LogP contribution >= 0.6 is 0 Å². The fourth-order valence-corrected chi connectivity index (χ4v) is 12.1. The Kier molecular flexibility index (Phi) is 30.0. The number of fused-ring (bicyclic) bond motifs is 7. The Bertz CT molecular complexity index is 3890. The van der Waals surface area contributed by atoms with Crippen molar-refractivity contribution >= 4 is 65.7 Å². The molecule has 92 heavy (non-hydrogen) atoms. The molecule has 496 valence electrons. The van der Waals surface area contributed by atoms with Crippen LogP contribution in [-0.4, -0.2) is 41.7 Å². The number of carbonyl (C=O) groups excluding carboxylic acids is 2. The van der Waals surface area contributed by atoms with Crippen molar-refractivity contribution in [3.8, 4) is 22.5 Å². The normalized spacial score (nSPS) is 12.2. The SMILES string of the molecule is CC(C)(C)Cc1ccc2c(ccc3ccnc(-c4[c-]c5ccccc5c(C(C)(C)C)c4)c32)n1.CCC(CC)C(=O)C=C(O)C(CC)CC.CCC(CC)C(=O)C=C(O)C(CC)CC.Cc1[c-]c(-c2nccc3ccc4nc(CC(C)(C)C)ccc4c23)cc(C)c1.[Ir].[Ir]. The van der Waals surface area contributed by atoms with Crippen molar-refractivity contribution in [2.45, 2.75) is 201 Å². The number of rotatable bonds is 18. The molecule has 8 nitrogen and oxygen atoms in total. The number of nitrogens with zero attached hydrogens (tertiary/aromatic N) is 4. The molecule has 9 rings (SSSR count). The summed E-state index contributed by atoms with van der Waals surface area (Å²) in [7, 11) is 0. The molecule has 0 aliphatic heterocycles. The van der Waals surface area contributed by atoms with Crippen LogP contribution in [0.4, 0.5) is 0 Å². The summed E-state index contributed by atoms with van der Waals surface area (Å²) in [5, 5.41) is 28.9. The monoisotopic (exact) mass is 1590 g/mol. The van der Waals surface area contributed by atoms with Gasteiger partial charge >= 0.3 is 0 Å². The van der Waals surface area contributed by atoms with Crippen LogP contribution in [0.1, 0.15) is 197 Å². The molecule has 0 fully saturated rings. The molecular formula is C82H104Ir2N4O4-2. The molecule has 0 spiro atoms. The molecule has 4 heterocycles. The zero-order valence-corrected chi connectivity index (χ0v) is 63.5. The fourth-order valence-electron chi connectivity index (χ4n) is 12.1. The van der Waals surface area contributed by atoms with E-state index in [1.54, 1.807) is 0 Å². The van der Waals surface area contributed by atoms with Crippen molar-refractivity contribution in [2.75, 3.05) is 0 Å². The van der Waals surface area contributed by atoms with Crippen LogP contribution in [-0.2, 0) is 68.1 Å². The van der Waals surface area contributed by atoms with Crippen LogP contribution in [0.3, 0.4) is 0 Å². The van der Waals surface area contributed by atoms with Crippen LogP contribution in [0.5, 0.6) is 0 Å². The number of aromatic nitrogens is 4. The van der Waals surface area contributed by atoms with Gasteiger partial charge in [0.2, 0.25) is 0 Å². The zero-order valence-electron chi connectivity index (χ0n) is 58.7. The summed E-state index contributed by atoms with van der Waals surface area (Å²) in [6.07, 6.45) is 15.5. The van der Waals surface area contributed by atoms with Crippen molar-refractivity contribution in [3.63, 3.8) is 0 Å². The van der Waals surface area contributed by atoms with Gasteiger partial charge in [0, 0.05) is 116 Å². The van der Waals surface area contributed by atoms with Crippen LogP contribution < -0.4 is 0 Å². The molecule has 10 heteroatoms. The third kappa shape index (κ3) is 21.1. The Morgan fingerprint density at radius 3 is 1.26 bits per heavy atom. The first kappa shape index (κ1) is 78.2. The minimum Gasteiger partial charge on any atom is -0.512 e. The second kappa shape index (κ2) is 35.3. The van der Waals surface area contributed by atoms with E-state index in [4.69, 9.17) is 19.9 Å². The van der Waals surface area contributed by atoms with E-state index in [9.17, 15) is 19.8 Å². The minimum atomic E-state index is 0. The van der Waals surface area contributed by atoms with Crippen molar-refractivity contribution in [1.29, 1.82) is 0 Å². The topological polar surface area (TPSA) is 126 Å². The molecule has 0 aliphatic rings. The number of aryl methyl sites for hydroxylation is 2. The number of hydrogen-bond donors (Lipinski definition) is 2. The number of aliphatic hydroxyl groups is 2. The van der Waals surface area contributed by atoms with E-state index in [0.29, 0.717) is 0 Å². The molecule has 0 saturated heterocycles. The molecule has 0 atom stereocenters. The van der Waals surface area contributed by atoms with Gasteiger partial charge in [0.25, 0.3) is 0 Å². The Morgan fingerprint density at radius 2 is 0.880 bits per heavy atom.